The second-order valence-corrected chi connectivity index (χ2v) is 6.21. The lowest BCUT2D eigenvalue weighted by molar-refractivity contribution is -0.453. The first-order valence-electron chi connectivity index (χ1n) is 9.69. The van der Waals surface area contributed by atoms with Crippen molar-refractivity contribution in [1.29, 1.82) is 0 Å². The standard InChI is InChI=1S/2C8H10N2O4.C2H8N2.H2O/c2*1-2-3-4-9-5(7(11)12)6(10-4)8(13)14;3-1-2-4;/h2*2-3H2,1H3,(H,9,10)(H,11,12)(H,13,14);1-4H2;1H2. The van der Waals surface area contributed by atoms with Crippen LogP contribution in [0.15, 0.2) is 0 Å². The van der Waals surface area contributed by atoms with E-state index in [1.165, 1.54) is 0 Å². The summed E-state index contributed by atoms with van der Waals surface area (Å²) in [5, 5.41) is 38.2. The Labute approximate surface area is 188 Å². The summed E-state index contributed by atoms with van der Waals surface area (Å²) in [7, 11) is 0. The molecule has 0 aromatic carbocycles. The Morgan fingerprint density at radius 1 is 0.788 bits per heavy atom. The molecular formula is C18H30N6O9. The number of nitrogens with one attached hydrogen (secondary N) is 2. The molecule has 2 heterocycles. The Kier molecular flexibility index (Phi) is 15.1. The predicted molar refractivity (Wildman–Crippen MR) is 107 cm³/mol. The Morgan fingerprint density at radius 3 is 1.24 bits per heavy atom. The van der Waals surface area contributed by atoms with Crippen LogP contribution >= 0.6 is 0 Å². The van der Waals surface area contributed by atoms with E-state index < -0.39 is 46.7 Å². The number of carboxylic acid groups (broad SMARTS) is 4. The quantitative estimate of drug-likeness (QED) is 0.202. The van der Waals surface area contributed by atoms with Crippen molar-refractivity contribution >= 4 is 23.9 Å². The van der Waals surface area contributed by atoms with Crippen molar-refractivity contribution in [2.45, 2.75) is 39.5 Å². The maximum Gasteiger partial charge on any atom is 0.356 e. The summed E-state index contributed by atoms with van der Waals surface area (Å²) in [5.74, 6) is -5.16. The number of nitrogens with zero attached hydrogens (tertiary/aromatic N) is 2. The lowest BCUT2D eigenvalue weighted by atomic mass is 10.3. The van der Waals surface area contributed by atoms with Crippen LogP contribution in [0.5, 0.6) is 0 Å². The molecule has 0 aliphatic heterocycles. The lowest BCUT2D eigenvalue weighted by Crippen LogP contribution is -2.64. The van der Waals surface area contributed by atoms with Crippen molar-refractivity contribution < 1.29 is 56.5 Å². The zero-order valence-electron chi connectivity index (χ0n) is 18.4. The van der Waals surface area contributed by atoms with Gasteiger partial charge in [0.05, 0.1) is 23.3 Å². The fraction of sp³-hybridized carbons (Fsp3) is 0.444. The highest BCUT2D eigenvalue weighted by atomic mass is 16.4. The first kappa shape index (κ1) is 31.4. The van der Waals surface area contributed by atoms with Crippen molar-refractivity contribution in [3.8, 4) is 0 Å². The van der Waals surface area contributed by atoms with E-state index in [0.717, 1.165) is 25.9 Å². The molecular weight excluding hydrogens is 444 g/mol. The molecule has 2 aromatic heterocycles. The molecule has 0 bridgehead atoms. The number of aryl methyl sites for hydroxylation is 2. The topological polar surface area (TPSA) is 299 Å². The van der Waals surface area contributed by atoms with Crippen molar-refractivity contribution in [2.24, 2.45) is 0 Å². The molecule has 0 aliphatic rings. The smallest absolute Gasteiger partial charge is 0.356 e. The van der Waals surface area contributed by atoms with Crippen LogP contribution in [-0.4, -0.2) is 72.6 Å². The number of H-pyrrole nitrogens is 2. The summed E-state index contributed by atoms with van der Waals surface area (Å²) >= 11 is 0. The molecule has 15 nitrogen and oxygen atoms in total. The molecule has 2 rings (SSSR count). The van der Waals surface area contributed by atoms with Crippen LogP contribution in [0.2, 0.25) is 0 Å². The van der Waals surface area contributed by atoms with Crippen LogP contribution in [0.4, 0.5) is 0 Å². The zero-order chi connectivity index (χ0) is 24.8. The van der Waals surface area contributed by atoms with E-state index in [0.29, 0.717) is 24.5 Å². The summed E-state index contributed by atoms with van der Waals surface area (Å²) in [4.78, 5) is 54.2. The minimum atomic E-state index is -1.56. The number of carbonyl (C=O) groups excluding carboxylic acids is 2. The summed E-state index contributed by atoms with van der Waals surface area (Å²) in [5.41, 5.74) is 5.16. The van der Waals surface area contributed by atoms with Crippen LogP contribution < -0.4 is 21.7 Å². The number of rotatable bonds is 9. The van der Waals surface area contributed by atoms with Crippen molar-refractivity contribution in [2.75, 3.05) is 13.1 Å². The molecule has 12 N–H and O–H groups in total. The predicted octanol–water partition coefficient (Wildman–Crippen LogP) is -4.51. The molecule has 0 aliphatic carbocycles. The van der Waals surface area contributed by atoms with Gasteiger partial charge in [-0.1, -0.05) is 13.8 Å². The molecule has 2 aromatic rings. The van der Waals surface area contributed by atoms with Gasteiger partial charge in [0.2, 0.25) is 0 Å². The van der Waals surface area contributed by atoms with Gasteiger partial charge in [-0.3, -0.25) is 0 Å². The number of hydrogen-bond donors (Lipinski definition) is 6. The fourth-order valence-corrected chi connectivity index (χ4v) is 2.16. The molecule has 0 fully saturated rings. The number of hydrogen-bond acceptors (Lipinski definition) is 8. The molecule has 0 amide bonds. The number of quaternary nitrogens is 2. The molecule has 0 saturated heterocycles. The maximum absolute atomic E-state index is 10.6. The van der Waals surface area contributed by atoms with E-state index in [2.05, 4.69) is 31.4 Å². The maximum atomic E-state index is 10.6. The van der Waals surface area contributed by atoms with Crippen molar-refractivity contribution in [3.05, 3.63) is 34.4 Å². The number of aromatic carboxylic acids is 4. The number of aromatic amines is 2. The molecule has 0 unspecified atom stereocenters. The van der Waals surface area contributed by atoms with E-state index in [4.69, 9.17) is 10.2 Å². The SMILES string of the molecule is CCCc1nc(C(=O)O)c(C(=O)[O-])[nH]1.CCCc1nc(C(=O)O)c(C(=O)[O-])[nH]1.O.[NH3+]CC[NH3+]. The highest BCUT2D eigenvalue weighted by Gasteiger charge is 2.17. The minimum absolute atomic E-state index is 0. The van der Waals surface area contributed by atoms with Crippen molar-refractivity contribution in [3.63, 3.8) is 0 Å². The van der Waals surface area contributed by atoms with Gasteiger partial charge in [0.1, 0.15) is 24.7 Å². The summed E-state index contributed by atoms with van der Waals surface area (Å²) in [6.07, 6.45) is 2.51. The second kappa shape index (κ2) is 15.9. The number of carboxylic acids is 4. The monoisotopic (exact) mass is 474 g/mol. The Balaban J connectivity index is 0. The average molecular weight is 474 g/mol. The van der Waals surface area contributed by atoms with E-state index in [9.17, 15) is 29.4 Å². The molecule has 33 heavy (non-hydrogen) atoms. The van der Waals surface area contributed by atoms with Crippen LogP contribution in [0.1, 0.15) is 80.3 Å². The normalized spacial score (nSPS) is 9.45. The summed E-state index contributed by atoms with van der Waals surface area (Å²) < 4.78 is 0. The van der Waals surface area contributed by atoms with Gasteiger partial charge < -0.3 is 56.9 Å². The van der Waals surface area contributed by atoms with E-state index in [1.54, 1.807) is 0 Å². The molecule has 0 spiro atoms. The minimum Gasteiger partial charge on any atom is -0.543 e. The summed E-state index contributed by atoms with van der Waals surface area (Å²) in [6, 6.07) is 0. The van der Waals surface area contributed by atoms with E-state index >= 15 is 0 Å². The Bertz CT molecular complexity index is 785. The first-order valence-corrected chi connectivity index (χ1v) is 9.69. The van der Waals surface area contributed by atoms with Gasteiger partial charge in [-0.2, -0.15) is 0 Å². The number of carbonyl (C=O) groups is 4. The molecule has 0 radical (unpaired) electrons. The number of aromatic nitrogens is 4. The number of imidazole rings is 2. The van der Waals surface area contributed by atoms with Gasteiger partial charge in [-0.25, -0.2) is 19.6 Å². The average Bonchev–Trinajstić information content (AvgIpc) is 3.34. The third-order valence-electron chi connectivity index (χ3n) is 3.54. The van der Waals surface area contributed by atoms with Gasteiger partial charge in [-0.05, 0) is 12.8 Å². The second-order valence-electron chi connectivity index (χ2n) is 6.21. The van der Waals surface area contributed by atoms with Crippen LogP contribution in [0.25, 0.3) is 0 Å². The van der Waals surface area contributed by atoms with Gasteiger partial charge in [-0.15, -0.1) is 0 Å². The van der Waals surface area contributed by atoms with Crippen LogP contribution in [0, 0.1) is 0 Å². The first-order chi connectivity index (χ1) is 15.0. The fourth-order valence-electron chi connectivity index (χ4n) is 2.16. The zero-order valence-corrected chi connectivity index (χ0v) is 18.4. The van der Waals surface area contributed by atoms with Gasteiger partial charge in [0, 0.05) is 12.8 Å². The van der Waals surface area contributed by atoms with E-state index in [-0.39, 0.29) is 5.48 Å². The van der Waals surface area contributed by atoms with Gasteiger partial charge in [0.25, 0.3) is 0 Å². The third-order valence-corrected chi connectivity index (χ3v) is 3.54. The highest BCUT2D eigenvalue weighted by Crippen LogP contribution is 2.08. The van der Waals surface area contributed by atoms with Crippen LogP contribution in [-0.2, 0) is 12.8 Å². The molecule has 186 valence electrons. The van der Waals surface area contributed by atoms with Crippen molar-refractivity contribution in [1.82, 2.24) is 19.9 Å². The third kappa shape index (κ3) is 10.4. The van der Waals surface area contributed by atoms with Gasteiger partial charge >= 0.3 is 11.9 Å². The Morgan fingerprint density at radius 2 is 1.09 bits per heavy atom. The van der Waals surface area contributed by atoms with Gasteiger partial charge in [0.15, 0.2) is 11.4 Å². The summed E-state index contributed by atoms with van der Waals surface area (Å²) in [6.45, 7) is 5.67. The molecule has 0 atom stereocenters. The largest absolute Gasteiger partial charge is 0.543 e. The lowest BCUT2D eigenvalue weighted by Gasteiger charge is -1.97. The Hall–Kier alpha value is -3.82. The molecule has 15 heteroatoms. The highest BCUT2D eigenvalue weighted by molar-refractivity contribution is 5.98. The van der Waals surface area contributed by atoms with E-state index in [1.807, 2.05) is 13.8 Å². The molecule has 0 saturated carbocycles. The van der Waals surface area contributed by atoms with Crippen LogP contribution in [0.3, 0.4) is 0 Å².